The van der Waals surface area contributed by atoms with E-state index in [-0.39, 0.29) is 17.9 Å². The van der Waals surface area contributed by atoms with Crippen LogP contribution in [0.25, 0.3) is 0 Å². The Bertz CT molecular complexity index is 1160. The second kappa shape index (κ2) is 13.7. The minimum atomic E-state index is -0.833. The molecule has 1 atom stereocenters. The number of urea groups is 1. The minimum absolute atomic E-state index is 0.0438. The van der Waals surface area contributed by atoms with Gasteiger partial charge in [0.05, 0.1) is 35.3 Å². The molecule has 0 heterocycles. The normalized spacial score (nSPS) is 14.3. The lowest BCUT2D eigenvalue weighted by Gasteiger charge is -2.38. The third-order valence-corrected chi connectivity index (χ3v) is 6.38. The van der Waals surface area contributed by atoms with Crippen molar-refractivity contribution < 1.29 is 23.5 Å². The van der Waals surface area contributed by atoms with E-state index in [4.69, 9.17) is 14.7 Å². The lowest BCUT2D eigenvalue weighted by Crippen LogP contribution is -2.40. The van der Waals surface area contributed by atoms with Gasteiger partial charge >= 0.3 is 12.0 Å². The first-order chi connectivity index (χ1) is 18.2. The summed E-state index contributed by atoms with van der Waals surface area (Å²) in [5.74, 6) is -0.416. The molecule has 1 saturated carbocycles. The van der Waals surface area contributed by atoms with Crippen LogP contribution in [-0.2, 0) is 9.53 Å². The van der Waals surface area contributed by atoms with Gasteiger partial charge in [-0.25, -0.2) is 14.0 Å². The predicted molar refractivity (Wildman–Crippen MR) is 146 cm³/mol. The summed E-state index contributed by atoms with van der Waals surface area (Å²) in [6.07, 6.45) is 4.81. The number of nitriles is 1. The molecular formula is C29H37FN4O4. The molecule has 0 aliphatic heterocycles. The second-order valence-electron chi connectivity index (χ2n) is 9.91. The number of benzene rings is 2. The zero-order valence-electron chi connectivity index (χ0n) is 22.6. The molecule has 1 aliphatic rings. The zero-order valence-corrected chi connectivity index (χ0v) is 22.6. The molecule has 1 unspecified atom stereocenters. The van der Waals surface area contributed by atoms with Gasteiger partial charge < -0.3 is 25.0 Å². The number of rotatable bonds is 10. The number of carbonyl (C=O) groups excluding carboxylic acids is 2. The highest BCUT2D eigenvalue weighted by Crippen LogP contribution is 2.36. The van der Waals surface area contributed by atoms with E-state index in [2.05, 4.69) is 29.4 Å². The van der Waals surface area contributed by atoms with Gasteiger partial charge in [0.2, 0.25) is 0 Å². The average molecular weight is 525 g/mol. The number of carbonyl (C=O) groups is 2. The Kier molecular flexibility index (Phi) is 10.3. The van der Waals surface area contributed by atoms with Crippen molar-refractivity contribution in [2.45, 2.75) is 71.9 Å². The maximum atomic E-state index is 14.4. The van der Waals surface area contributed by atoms with Gasteiger partial charge in [-0.1, -0.05) is 33.1 Å². The average Bonchev–Trinajstić information content (AvgIpc) is 2.89. The molecule has 2 amide bonds. The Morgan fingerprint density at radius 1 is 1.08 bits per heavy atom. The van der Waals surface area contributed by atoms with Crippen LogP contribution in [0.15, 0.2) is 36.4 Å². The summed E-state index contributed by atoms with van der Waals surface area (Å²) < 4.78 is 25.3. The lowest BCUT2D eigenvalue weighted by atomic mass is 9.93. The summed E-state index contributed by atoms with van der Waals surface area (Å²) in [6.45, 7) is 8.68. The summed E-state index contributed by atoms with van der Waals surface area (Å²) in [4.78, 5) is 27.4. The Morgan fingerprint density at radius 3 is 2.42 bits per heavy atom. The second-order valence-corrected chi connectivity index (χ2v) is 9.91. The number of anilines is 3. The van der Waals surface area contributed by atoms with Crippen molar-refractivity contribution in [3.8, 4) is 11.8 Å². The number of esters is 1. The SMILES string of the molecule is CCOC(=O)C(C)Oc1ccc(N(CC(C)C)C2CCCCC2)c(NC(=O)Nc2ccc(C#N)cc2F)c1. The molecule has 2 aromatic carbocycles. The van der Waals surface area contributed by atoms with Crippen LogP contribution in [0.1, 0.15) is 65.4 Å². The first-order valence-corrected chi connectivity index (χ1v) is 13.2. The van der Waals surface area contributed by atoms with Crippen LogP contribution in [0.2, 0.25) is 0 Å². The highest BCUT2D eigenvalue weighted by Gasteiger charge is 2.26. The third-order valence-electron chi connectivity index (χ3n) is 6.38. The van der Waals surface area contributed by atoms with Crippen molar-refractivity contribution in [2.24, 2.45) is 5.92 Å². The van der Waals surface area contributed by atoms with Gasteiger partial charge in [-0.05, 0) is 62.9 Å². The zero-order chi connectivity index (χ0) is 27.7. The molecule has 0 saturated heterocycles. The monoisotopic (exact) mass is 524 g/mol. The number of amides is 2. The van der Waals surface area contributed by atoms with E-state index in [1.807, 2.05) is 12.1 Å². The topological polar surface area (TPSA) is 104 Å². The maximum absolute atomic E-state index is 14.4. The van der Waals surface area contributed by atoms with Crippen molar-refractivity contribution in [3.05, 3.63) is 47.8 Å². The van der Waals surface area contributed by atoms with Crippen molar-refractivity contribution in [2.75, 3.05) is 28.7 Å². The lowest BCUT2D eigenvalue weighted by molar-refractivity contribution is -0.150. The molecule has 2 aromatic rings. The molecule has 2 N–H and O–H groups in total. The van der Waals surface area contributed by atoms with Crippen LogP contribution in [0.4, 0.5) is 26.2 Å². The summed E-state index contributed by atoms with van der Waals surface area (Å²) in [5.41, 5.74) is 1.43. The van der Waals surface area contributed by atoms with Gasteiger partial charge in [-0.2, -0.15) is 5.26 Å². The standard InChI is InChI=1S/C29H37FN4O4/c1-5-37-28(35)20(4)38-23-12-14-27(34(18-19(2)3)22-9-7-6-8-10-22)26(16-23)33-29(36)32-25-13-11-21(17-31)15-24(25)30/h11-16,19-20,22H,5-10,18H2,1-4H3,(H2,32,33,36). The van der Waals surface area contributed by atoms with Gasteiger partial charge in [0.25, 0.3) is 0 Å². The number of nitrogens with zero attached hydrogens (tertiary/aromatic N) is 2. The molecule has 9 heteroatoms. The molecule has 1 fully saturated rings. The molecule has 8 nitrogen and oxygen atoms in total. The van der Waals surface area contributed by atoms with Crippen molar-refractivity contribution in [1.82, 2.24) is 0 Å². The van der Waals surface area contributed by atoms with Crippen LogP contribution in [0.5, 0.6) is 5.75 Å². The van der Waals surface area contributed by atoms with Crippen LogP contribution in [-0.4, -0.2) is 37.3 Å². The summed E-state index contributed by atoms with van der Waals surface area (Å²) in [7, 11) is 0. The fraction of sp³-hybridized carbons (Fsp3) is 0.483. The van der Waals surface area contributed by atoms with Gasteiger partial charge in [0.1, 0.15) is 11.6 Å². The van der Waals surface area contributed by atoms with Gasteiger partial charge in [-0.15, -0.1) is 0 Å². The number of hydrogen-bond donors (Lipinski definition) is 2. The van der Waals surface area contributed by atoms with E-state index in [1.165, 1.54) is 18.6 Å². The van der Waals surface area contributed by atoms with Crippen LogP contribution in [0, 0.1) is 23.1 Å². The van der Waals surface area contributed by atoms with E-state index >= 15 is 0 Å². The molecule has 0 spiro atoms. The summed E-state index contributed by atoms with van der Waals surface area (Å²) in [6, 6.07) is 10.8. The Morgan fingerprint density at radius 2 is 1.79 bits per heavy atom. The number of ether oxygens (including phenoxy) is 2. The summed E-state index contributed by atoms with van der Waals surface area (Å²) in [5, 5.41) is 14.4. The van der Waals surface area contributed by atoms with E-state index < -0.39 is 23.9 Å². The molecule has 0 aromatic heterocycles. The summed E-state index contributed by atoms with van der Waals surface area (Å²) >= 11 is 0. The highest BCUT2D eigenvalue weighted by molar-refractivity contribution is 6.02. The van der Waals surface area contributed by atoms with E-state index in [9.17, 15) is 14.0 Å². The predicted octanol–water partition coefficient (Wildman–Crippen LogP) is 6.47. The maximum Gasteiger partial charge on any atom is 0.347 e. The van der Waals surface area contributed by atoms with Gasteiger partial charge in [0, 0.05) is 18.7 Å². The molecule has 1 aliphatic carbocycles. The molecule has 3 rings (SSSR count). The first kappa shape index (κ1) is 28.8. The van der Waals surface area contributed by atoms with Crippen LogP contribution in [0.3, 0.4) is 0 Å². The van der Waals surface area contributed by atoms with Gasteiger partial charge in [0.15, 0.2) is 6.10 Å². The Hall–Kier alpha value is -3.80. The van der Waals surface area contributed by atoms with Crippen LogP contribution < -0.4 is 20.3 Å². The van der Waals surface area contributed by atoms with E-state index in [0.29, 0.717) is 23.4 Å². The minimum Gasteiger partial charge on any atom is -0.479 e. The van der Waals surface area contributed by atoms with Crippen molar-refractivity contribution >= 4 is 29.1 Å². The van der Waals surface area contributed by atoms with Crippen molar-refractivity contribution in [1.29, 1.82) is 5.26 Å². The number of hydrogen-bond acceptors (Lipinski definition) is 6. The third kappa shape index (κ3) is 7.85. The molecule has 0 bridgehead atoms. The van der Waals surface area contributed by atoms with Crippen molar-refractivity contribution in [3.63, 3.8) is 0 Å². The largest absolute Gasteiger partial charge is 0.479 e. The van der Waals surface area contributed by atoms with Crippen LogP contribution >= 0.6 is 0 Å². The first-order valence-electron chi connectivity index (χ1n) is 13.2. The van der Waals surface area contributed by atoms with Gasteiger partial charge in [-0.3, -0.25) is 0 Å². The number of halogens is 1. The Balaban J connectivity index is 1.92. The quantitative estimate of drug-likeness (QED) is 0.345. The van der Waals surface area contributed by atoms with E-state index in [0.717, 1.165) is 44.0 Å². The Labute approximate surface area is 224 Å². The van der Waals surface area contributed by atoms with E-state index in [1.54, 1.807) is 26.0 Å². The molecule has 0 radical (unpaired) electrons. The number of nitrogens with one attached hydrogen (secondary N) is 2. The molecule has 38 heavy (non-hydrogen) atoms. The highest BCUT2D eigenvalue weighted by atomic mass is 19.1. The fourth-order valence-corrected chi connectivity index (χ4v) is 4.64. The molecule has 204 valence electrons. The fourth-order valence-electron chi connectivity index (χ4n) is 4.64. The molecular weight excluding hydrogens is 487 g/mol. The smallest absolute Gasteiger partial charge is 0.347 e.